The van der Waals surface area contributed by atoms with Gasteiger partial charge in [-0.2, -0.15) is 0 Å². The summed E-state index contributed by atoms with van der Waals surface area (Å²) in [6, 6.07) is 7.22. The van der Waals surface area contributed by atoms with Crippen molar-refractivity contribution in [3.05, 3.63) is 29.3 Å². The quantitative estimate of drug-likeness (QED) is 0.893. The molecule has 0 spiro atoms. The number of fused-ring (bicyclic) bond motifs is 2. The zero-order valence-corrected chi connectivity index (χ0v) is 11.7. The molecule has 0 amide bonds. The lowest BCUT2D eigenvalue weighted by molar-refractivity contribution is 0.317. The van der Waals surface area contributed by atoms with E-state index >= 15 is 0 Å². The van der Waals surface area contributed by atoms with Gasteiger partial charge in [-0.15, -0.1) is 0 Å². The molecule has 2 saturated carbocycles. The largest absolute Gasteiger partial charge is 0.493 e. The van der Waals surface area contributed by atoms with Gasteiger partial charge in [0.15, 0.2) is 0 Å². The molecule has 0 radical (unpaired) electrons. The van der Waals surface area contributed by atoms with Crippen molar-refractivity contribution in [3.8, 4) is 5.75 Å². The van der Waals surface area contributed by atoms with Gasteiger partial charge in [-0.25, -0.2) is 0 Å². The molecule has 1 aromatic rings. The number of ether oxygens (including phenoxy) is 1. The van der Waals surface area contributed by atoms with Gasteiger partial charge in [0.2, 0.25) is 0 Å². The number of nitrogens with one attached hydrogen (secondary N) is 1. The standard InChI is InChI=1S/C17H23NO/c1-2-18-16(14-9-12-8-13(12)10-14)15-5-3-4-11-6-7-19-17(11)15/h3-5,12-14,16,18H,2,6-10H2,1H3. The van der Waals surface area contributed by atoms with Crippen molar-refractivity contribution < 1.29 is 4.74 Å². The average molecular weight is 257 g/mol. The molecule has 3 aliphatic rings. The summed E-state index contributed by atoms with van der Waals surface area (Å²) < 4.78 is 5.91. The van der Waals surface area contributed by atoms with Gasteiger partial charge in [0.05, 0.1) is 6.61 Å². The Kier molecular flexibility index (Phi) is 2.80. The van der Waals surface area contributed by atoms with Gasteiger partial charge >= 0.3 is 0 Å². The van der Waals surface area contributed by atoms with Gasteiger partial charge in [0, 0.05) is 18.0 Å². The summed E-state index contributed by atoms with van der Waals surface area (Å²) in [5.74, 6) is 4.10. The molecule has 1 aromatic carbocycles. The molecule has 4 rings (SSSR count). The Balaban J connectivity index is 1.65. The first-order valence-electron chi connectivity index (χ1n) is 7.84. The maximum Gasteiger partial charge on any atom is 0.127 e. The lowest BCUT2D eigenvalue weighted by atomic mass is 9.87. The third-order valence-electron chi connectivity index (χ3n) is 5.26. The van der Waals surface area contributed by atoms with Gasteiger partial charge in [0.1, 0.15) is 5.75 Å². The first kappa shape index (κ1) is 11.8. The highest BCUT2D eigenvalue weighted by Gasteiger charge is 2.48. The molecule has 0 bridgehead atoms. The number of hydrogen-bond donors (Lipinski definition) is 1. The van der Waals surface area contributed by atoms with Crippen molar-refractivity contribution in [2.24, 2.45) is 17.8 Å². The summed E-state index contributed by atoms with van der Waals surface area (Å²) in [5, 5.41) is 3.73. The van der Waals surface area contributed by atoms with E-state index < -0.39 is 0 Å². The van der Waals surface area contributed by atoms with Crippen LogP contribution in [-0.4, -0.2) is 13.2 Å². The first-order chi connectivity index (χ1) is 9.36. The molecular weight excluding hydrogens is 234 g/mol. The van der Waals surface area contributed by atoms with Crippen molar-refractivity contribution in [3.63, 3.8) is 0 Å². The van der Waals surface area contributed by atoms with E-state index in [-0.39, 0.29) is 0 Å². The van der Waals surface area contributed by atoms with Crippen molar-refractivity contribution in [2.45, 2.75) is 38.6 Å². The van der Waals surface area contributed by atoms with Gasteiger partial charge < -0.3 is 10.1 Å². The maximum atomic E-state index is 5.91. The topological polar surface area (TPSA) is 21.3 Å². The van der Waals surface area contributed by atoms with E-state index in [0.29, 0.717) is 6.04 Å². The molecule has 2 nitrogen and oxygen atoms in total. The number of para-hydroxylation sites is 1. The predicted molar refractivity (Wildman–Crippen MR) is 76.4 cm³/mol. The van der Waals surface area contributed by atoms with Crippen LogP contribution < -0.4 is 10.1 Å². The van der Waals surface area contributed by atoms with Gasteiger partial charge in [0.25, 0.3) is 0 Å². The van der Waals surface area contributed by atoms with Crippen molar-refractivity contribution in [1.82, 2.24) is 5.32 Å². The van der Waals surface area contributed by atoms with Crippen molar-refractivity contribution >= 4 is 0 Å². The lowest BCUT2D eigenvalue weighted by Crippen LogP contribution is -2.28. The zero-order chi connectivity index (χ0) is 12.8. The van der Waals surface area contributed by atoms with Crippen LogP contribution in [0.5, 0.6) is 5.75 Å². The minimum atomic E-state index is 0.505. The third-order valence-corrected chi connectivity index (χ3v) is 5.26. The summed E-state index contributed by atoms with van der Waals surface area (Å²) in [4.78, 5) is 0. The van der Waals surface area contributed by atoms with E-state index in [1.807, 2.05) is 0 Å². The van der Waals surface area contributed by atoms with Crippen molar-refractivity contribution in [2.75, 3.05) is 13.2 Å². The zero-order valence-electron chi connectivity index (χ0n) is 11.7. The van der Waals surface area contributed by atoms with Crippen LogP contribution in [0.3, 0.4) is 0 Å². The Morgan fingerprint density at radius 3 is 2.89 bits per heavy atom. The Morgan fingerprint density at radius 2 is 2.11 bits per heavy atom. The molecule has 102 valence electrons. The molecule has 3 atom stereocenters. The number of hydrogen-bond acceptors (Lipinski definition) is 2. The Morgan fingerprint density at radius 1 is 1.26 bits per heavy atom. The minimum absolute atomic E-state index is 0.505. The molecule has 0 saturated heterocycles. The smallest absolute Gasteiger partial charge is 0.127 e. The van der Waals surface area contributed by atoms with Crippen molar-refractivity contribution in [1.29, 1.82) is 0 Å². The van der Waals surface area contributed by atoms with Crippen LogP contribution in [0.15, 0.2) is 18.2 Å². The maximum absolute atomic E-state index is 5.91. The Bertz CT molecular complexity index is 474. The van der Waals surface area contributed by atoms with Gasteiger partial charge in [-0.1, -0.05) is 25.1 Å². The fraction of sp³-hybridized carbons (Fsp3) is 0.647. The molecule has 2 heteroatoms. The molecule has 1 N–H and O–H groups in total. The first-order valence-corrected chi connectivity index (χ1v) is 7.84. The second kappa shape index (κ2) is 4.52. The Hall–Kier alpha value is -1.02. The lowest BCUT2D eigenvalue weighted by Gasteiger charge is -2.27. The van der Waals surface area contributed by atoms with E-state index in [9.17, 15) is 0 Å². The van der Waals surface area contributed by atoms with Crippen LogP contribution in [0, 0.1) is 17.8 Å². The van der Waals surface area contributed by atoms with Gasteiger partial charge in [-0.05, 0) is 49.1 Å². The summed E-state index contributed by atoms with van der Waals surface area (Å²) >= 11 is 0. The van der Waals surface area contributed by atoms with Crippen LogP contribution >= 0.6 is 0 Å². The fourth-order valence-electron chi connectivity index (χ4n) is 4.27. The second-order valence-corrected chi connectivity index (χ2v) is 6.46. The SMILES string of the molecule is CCNC(c1cccc2c1OCC2)C1CC2CC2C1. The van der Waals surface area contributed by atoms with Crippen LogP contribution in [0.25, 0.3) is 0 Å². The summed E-state index contributed by atoms with van der Waals surface area (Å²) in [6.07, 6.45) is 5.43. The normalized spacial score (nSPS) is 32.6. The monoisotopic (exact) mass is 257 g/mol. The van der Waals surface area contributed by atoms with Crippen LogP contribution in [0.4, 0.5) is 0 Å². The van der Waals surface area contributed by atoms with E-state index in [2.05, 4.69) is 30.4 Å². The molecule has 1 aliphatic heterocycles. The second-order valence-electron chi connectivity index (χ2n) is 6.46. The number of rotatable bonds is 4. The summed E-state index contributed by atoms with van der Waals surface area (Å²) in [7, 11) is 0. The molecular formula is C17H23NO. The Labute approximate surface area is 115 Å². The van der Waals surface area contributed by atoms with E-state index in [1.165, 1.54) is 36.1 Å². The predicted octanol–water partition coefficient (Wildman–Crippen LogP) is 3.32. The molecule has 0 aromatic heterocycles. The summed E-state index contributed by atoms with van der Waals surface area (Å²) in [5.41, 5.74) is 2.83. The van der Waals surface area contributed by atoms with E-state index in [4.69, 9.17) is 4.74 Å². The fourth-order valence-corrected chi connectivity index (χ4v) is 4.27. The van der Waals surface area contributed by atoms with Crippen LogP contribution in [0.2, 0.25) is 0 Å². The molecule has 1 heterocycles. The van der Waals surface area contributed by atoms with Gasteiger partial charge in [-0.3, -0.25) is 0 Å². The number of benzene rings is 1. The highest BCUT2D eigenvalue weighted by Crippen LogP contribution is 2.57. The highest BCUT2D eigenvalue weighted by molar-refractivity contribution is 5.46. The highest BCUT2D eigenvalue weighted by atomic mass is 16.5. The van der Waals surface area contributed by atoms with Crippen LogP contribution in [-0.2, 0) is 6.42 Å². The third kappa shape index (κ3) is 1.97. The van der Waals surface area contributed by atoms with Crippen LogP contribution in [0.1, 0.15) is 43.4 Å². The molecule has 19 heavy (non-hydrogen) atoms. The molecule has 3 unspecified atom stereocenters. The molecule has 2 aliphatic carbocycles. The van der Waals surface area contributed by atoms with E-state index in [0.717, 1.165) is 37.3 Å². The average Bonchev–Trinajstić information content (AvgIpc) is 2.88. The minimum Gasteiger partial charge on any atom is -0.493 e. The van der Waals surface area contributed by atoms with E-state index in [1.54, 1.807) is 0 Å². The molecule has 2 fully saturated rings. The summed E-state index contributed by atoms with van der Waals surface area (Å²) in [6.45, 7) is 4.12.